The molecule has 0 saturated heterocycles. The Balaban J connectivity index is 2.62. The van der Waals surface area contributed by atoms with Gasteiger partial charge in [0.15, 0.2) is 0 Å². The third-order valence-electron chi connectivity index (χ3n) is 4.76. The number of carbonyl (C=O) groups is 2. The van der Waals surface area contributed by atoms with Crippen molar-refractivity contribution in [2.75, 3.05) is 0 Å². The van der Waals surface area contributed by atoms with Crippen LogP contribution in [0.15, 0.2) is 0 Å². The topological polar surface area (TPSA) is 66.4 Å². The van der Waals surface area contributed by atoms with E-state index in [1.165, 1.54) is 12.8 Å². The summed E-state index contributed by atoms with van der Waals surface area (Å²) in [4.78, 5) is 23.3. The van der Waals surface area contributed by atoms with Gasteiger partial charge in [-0.25, -0.2) is 4.79 Å². The van der Waals surface area contributed by atoms with Gasteiger partial charge in [-0.2, -0.15) is 0 Å². The molecular formula is C15H27NO3. The predicted molar refractivity (Wildman–Crippen MR) is 74.8 cm³/mol. The SMILES string of the molecule is CCC(C)(NC(=O)CC1CCCCC1(C)C)C(=O)O. The number of carbonyl (C=O) groups excluding carboxylic acids is 1. The van der Waals surface area contributed by atoms with E-state index in [0.29, 0.717) is 18.8 Å². The van der Waals surface area contributed by atoms with Crippen LogP contribution in [0.5, 0.6) is 0 Å². The highest BCUT2D eigenvalue weighted by molar-refractivity contribution is 5.86. The van der Waals surface area contributed by atoms with E-state index < -0.39 is 11.5 Å². The van der Waals surface area contributed by atoms with Crippen LogP contribution in [0.2, 0.25) is 0 Å². The van der Waals surface area contributed by atoms with E-state index >= 15 is 0 Å². The van der Waals surface area contributed by atoms with Crippen molar-refractivity contribution in [1.82, 2.24) is 5.32 Å². The van der Waals surface area contributed by atoms with Gasteiger partial charge in [0, 0.05) is 6.42 Å². The minimum atomic E-state index is -1.14. The molecule has 1 aliphatic carbocycles. The molecule has 1 saturated carbocycles. The fourth-order valence-electron chi connectivity index (χ4n) is 2.82. The first-order valence-corrected chi connectivity index (χ1v) is 7.25. The summed E-state index contributed by atoms with van der Waals surface area (Å²) in [5, 5.41) is 11.9. The van der Waals surface area contributed by atoms with Crippen LogP contribution in [0.25, 0.3) is 0 Å². The van der Waals surface area contributed by atoms with Crippen molar-refractivity contribution in [3.8, 4) is 0 Å². The second-order valence-electron chi connectivity index (χ2n) is 6.67. The third-order valence-corrected chi connectivity index (χ3v) is 4.76. The lowest BCUT2D eigenvalue weighted by Crippen LogP contribution is -2.52. The molecule has 0 radical (unpaired) electrons. The molecule has 19 heavy (non-hydrogen) atoms. The summed E-state index contributed by atoms with van der Waals surface area (Å²) in [6, 6.07) is 0. The van der Waals surface area contributed by atoms with Gasteiger partial charge in [0.25, 0.3) is 0 Å². The van der Waals surface area contributed by atoms with E-state index in [2.05, 4.69) is 19.2 Å². The Morgan fingerprint density at radius 1 is 1.37 bits per heavy atom. The van der Waals surface area contributed by atoms with Crippen LogP contribution in [0.3, 0.4) is 0 Å². The Labute approximate surface area is 116 Å². The van der Waals surface area contributed by atoms with Gasteiger partial charge in [0.1, 0.15) is 5.54 Å². The predicted octanol–water partition coefficient (Wildman–Crippen LogP) is 2.96. The molecule has 2 N–H and O–H groups in total. The van der Waals surface area contributed by atoms with Gasteiger partial charge in [0.05, 0.1) is 0 Å². The molecular weight excluding hydrogens is 242 g/mol. The number of amides is 1. The molecule has 0 aromatic carbocycles. The minimum Gasteiger partial charge on any atom is -0.480 e. The lowest BCUT2D eigenvalue weighted by molar-refractivity contribution is -0.147. The standard InChI is InChI=1S/C15H27NO3/c1-5-15(4,13(18)19)16-12(17)10-11-8-6-7-9-14(11,2)3/h11H,5-10H2,1-4H3,(H,16,17)(H,18,19). The van der Waals surface area contributed by atoms with Crippen LogP contribution < -0.4 is 5.32 Å². The molecule has 1 aliphatic rings. The molecule has 0 spiro atoms. The first-order valence-electron chi connectivity index (χ1n) is 7.25. The van der Waals surface area contributed by atoms with Gasteiger partial charge in [-0.05, 0) is 37.5 Å². The molecule has 4 nitrogen and oxygen atoms in total. The molecule has 4 heteroatoms. The molecule has 0 aromatic heterocycles. The monoisotopic (exact) mass is 269 g/mol. The number of carboxylic acid groups (broad SMARTS) is 1. The second kappa shape index (κ2) is 5.93. The van der Waals surface area contributed by atoms with Crippen molar-refractivity contribution in [1.29, 1.82) is 0 Å². The summed E-state index contributed by atoms with van der Waals surface area (Å²) in [5.41, 5.74) is -0.961. The molecule has 0 bridgehead atoms. The Hall–Kier alpha value is -1.06. The third kappa shape index (κ3) is 3.95. The first-order chi connectivity index (χ1) is 8.71. The Morgan fingerprint density at radius 3 is 2.47 bits per heavy atom. The minimum absolute atomic E-state index is 0.133. The summed E-state index contributed by atoms with van der Waals surface area (Å²) in [6.45, 7) is 7.76. The van der Waals surface area contributed by atoms with Crippen molar-refractivity contribution in [2.24, 2.45) is 11.3 Å². The van der Waals surface area contributed by atoms with Gasteiger partial charge in [-0.15, -0.1) is 0 Å². The van der Waals surface area contributed by atoms with Crippen molar-refractivity contribution < 1.29 is 14.7 Å². The summed E-state index contributed by atoms with van der Waals surface area (Å²) in [6.07, 6.45) is 5.45. The Kier molecular flexibility index (Phi) is 4.99. The van der Waals surface area contributed by atoms with Gasteiger partial charge in [-0.3, -0.25) is 4.79 Å². The smallest absolute Gasteiger partial charge is 0.329 e. The fraction of sp³-hybridized carbons (Fsp3) is 0.867. The van der Waals surface area contributed by atoms with Crippen molar-refractivity contribution >= 4 is 11.9 Å². The van der Waals surface area contributed by atoms with Crippen LogP contribution in [0.4, 0.5) is 0 Å². The zero-order valence-corrected chi connectivity index (χ0v) is 12.6. The van der Waals surface area contributed by atoms with Crippen LogP contribution in [0.1, 0.15) is 66.2 Å². The molecule has 0 aromatic rings. The Morgan fingerprint density at radius 2 is 2.00 bits per heavy atom. The largest absolute Gasteiger partial charge is 0.480 e. The van der Waals surface area contributed by atoms with E-state index in [-0.39, 0.29) is 11.3 Å². The van der Waals surface area contributed by atoms with E-state index in [9.17, 15) is 14.7 Å². The number of nitrogens with one attached hydrogen (secondary N) is 1. The van der Waals surface area contributed by atoms with Gasteiger partial charge in [-0.1, -0.05) is 33.6 Å². The van der Waals surface area contributed by atoms with Crippen LogP contribution >= 0.6 is 0 Å². The number of hydrogen-bond donors (Lipinski definition) is 2. The van der Waals surface area contributed by atoms with E-state index in [1.807, 2.05) is 0 Å². The molecule has 0 aliphatic heterocycles. The highest BCUT2D eigenvalue weighted by Gasteiger charge is 2.37. The van der Waals surface area contributed by atoms with E-state index in [1.54, 1.807) is 13.8 Å². The highest BCUT2D eigenvalue weighted by atomic mass is 16.4. The lowest BCUT2D eigenvalue weighted by atomic mass is 9.67. The summed E-state index contributed by atoms with van der Waals surface area (Å²) in [5.74, 6) is -0.742. The molecule has 1 rings (SSSR count). The lowest BCUT2D eigenvalue weighted by Gasteiger charge is -2.39. The van der Waals surface area contributed by atoms with Crippen molar-refractivity contribution in [3.05, 3.63) is 0 Å². The normalized spacial score (nSPS) is 25.4. The maximum atomic E-state index is 12.1. The number of rotatable bonds is 5. The molecule has 1 amide bonds. The highest BCUT2D eigenvalue weighted by Crippen LogP contribution is 2.42. The molecule has 1 fully saturated rings. The van der Waals surface area contributed by atoms with Crippen LogP contribution in [-0.4, -0.2) is 22.5 Å². The average Bonchev–Trinajstić information content (AvgIpc) is 2.31. The summed E-state index contributed by atoms with van der Waals surface area (Å²) >= 11 is 0. The van der Waals surface area contributed by atoms with Gasteiger partial charge in [0.2, 0.25) is 5.91 Å². The molecule has 110 valence electrons. The van der Waals surface area contributed by atoms with Gasteiger partial charge >= 0.3 is 5.97 Å². The average molecular weight is 269 g/mol. The number of carboxylic acids is 1. The van der Waals surface area contributed by atoms with Crippen LogP contribution in [-0.2, 0) is 9.59 Å². The maximum Gasteiger partial charge on any atom is 0.329 e. The van der Waals surface area contributed by atoms with Crippen molar-refractivity contribution in [3.63, 3.8) is 0 Å². The quantitative estimate of drug-likeness (QED) is 0.806. The van der Waals surface area contributed by atoms with E-state index in [4.69, 9.17) is 0 Å². The Bertz CT molecular complexity index is 351. The maximum absolute atomic E-state index is 12.1. The summed E-state index contributed by atoms with van der Waals surface area (Å²) in [7, 11) is 0. The van der Waals surface area contributed by atoms with Crippen molar-refractivity contribution in [2.45, 2.75) is 71.8 Å². The first kappa shape index (κ1) is 16.0. The van der Waals surface area contributed by atoms with Crippen LogP contribution in [0, 0.1) is 11.3 Å². The molecule has 2 unspecified atom stereocenters. The second-order valence-corrected chi connectivity index (χ2v) is 6.67. The zero-order valence-electron chi connectivity index (χ0n) is 12.6. The zero-order chi connectivity index (χ0) is 14.7. The molecule has 0 heterocycles. The fourth-order valence-corrected chi connectivity index (χ4v) is 2.82. The van der Waals surface area contributed by atoms with Gasteiger partial charge < -0.3 is 10.4 Å². The number of aliphatic carboxylic acids is 1. The van der Waals surface area contributed by atoms with E-state index in [0.717, 1.165) is 12.8 Å². The molecule has 2 atom stereocenters. The number of hydrogen-bond acceptors (Lipinski definition) is 2. The summed E-state index contributed by atoms with van der Waals surface area (Å²) < 4.78 is 0.